The molecule has 6 nitrogen and oxygen atoms in total. The number of rotatable bonds is 4. The van der Waals surface area contributed by atoms with E-state index in [1.165, 1.54) is 6.92 Å². The van der Waals surface area contributed by atoms with Crippen molar-refractivity contribution in [1.29, 1.82) is 0 Å². The van der Waals surface area contributed by atoms with Gasteiger partial charge in [0.15, 0.2) is 0 Å². The number of hydrogen-bond acceptors (Lipinski definition) is 3. The fourth-order valence-electron chi connectivity index (χ4n) is 1.73. The Balaban J connectivity index is 2.05. The van der Waals surface area contributed by atoms with Gasteiger partial charge in [-0.1, -0.05) is 19.1 Å². The summed E-state index contributed by atoms with van der Waals surface area (Å²) in [4.78, 5) is 26.4. The van der Waals surface area contributed by atoms with Crippen LogP contribution in [-0.4, -0.2) is 28.6 Å². The van der Waals surface area contributed by atoms with Crippen molar-refractivity contribution in [2.24, 2.45) is 5.92 Å². The molecule has 104 valence electrons. The lowest BCUT2D eigenvalue weighted by Gasteiger charge is -2.11. The minimum atomic E-state index is -0.943. The second kappa shape index (κ2) is 6.01. The van der Waals surface area contributed by atoms with Crippen LogP contribution in [0.1, 0.15) is 6.92 Å². The van der Waals surface area contributed by atoms with Crippen LogP contribution in [-0.2, 0) is 4.79 Å². The van der Waals surface area contributed by atoms with E-state index in [0.717, 1.165) is 10.8 Å². The maximum absolute atomic E-state index is 11.8. The van der Waals surface area contributed by atoms with Gasteiger partial charge in [-0.25, -0.2) is 4.79 Å². The molecule has 3 N–H and O–H groups in total. The number of pyridine rings is 1. The summed E-state index contributed by atoms with van der Waals surface area (Å²) in [5.41, 5.74) is 0.658. The average molecular weight is 273 g/mol. The normalized spacial score (nSPS) is 11.8. The molecule has 1 heterocycles. The minimum Gasteiger partial charge on any atom is -0.481 e. The van der Waals surface area contributed by atoms with Gasteiger partial charge in [0.25, 0.3) is 0 Å². The lowest BCUT2D eigenvalue weighted by atomic mass is 10.1. The zero-order valence-corrected chi connectivity index (χ0v) is 11.0. The van der Waals surface area contributed by atoms with Gasteiger partial charge in [-0.3, -0.25) is 9.78 Å². The monoisotopic (exact) mass is 273 g/mol. The molecular weight excluding hydrogens is 258 g/mol. The third-order valence-electron chi connectivity index (χ3n) is 2.92. The highest BCUT2D eigenvalue weighted by atomic mass is 16.4. The van der Waals surface area contributed by atoms with Crippen LogP contribution in [0.15, 0.2) is 36.7 Å². The zero-order valence-electron chi connectivity index (χ0n) is 11.0. The maximum Gasteiger partial charge on any atom is 0.319 e. The van der Waals surface area contributed by atoms with Crippen molar-refractivity contribution in [3.63, 3.8) is 0 Å². The molecule has 1 aromatic heterocycles. The number of anilines is 1. The van der Waals surface area contributed by atoms with E-state index in [9.17, 15) is 9.59 Å². The number of nitrogens with zero attached hydrogens (tertiary/aromatic N) is 1. The van der Waals surface area contributed by atoms with Crippen molar-refractivity contribution in [3.05, 3.63) is 36.7 Å². The summed E-state index contributed by atoms with van der Waals surface area (Å²) >= 11 is 0. The van der Waals surface area contributed by atoms with Gasteiger partial charge in [-0.05, 0) is 12.1 Å². The first-order valence-corrected chi connectivity index (χ1v) is 6.18. The Hall–Kier alpha value is -2.63. The molecule has 2 aromatic rings. The van der Waals surface area contributed by atoms with Gasteiger partial charge in [0, 0.05) is 29.7 Å². The molecule has 0 aliphatic heterocycles. The SMILES string of the molecule is CC(CNC(=O)Nc1cccc2cnccc12)C(=O)O. The summed E-state index contributed by atoms with van der Waals surface area (Å²) in [5, 5.41) is 15.8. The van der Waals surface area contributed by atoms with E-state index in [1.807, 2.05) is 18.2 Å². The number of urea groups is 1. The number of aliphatic carboxylic acids is 1. The van der Waals surface area contributed by atoms with E-state index in [2.05, 4.69) is 15.6 Å². The fourth-order valence-corrected chi connectivity index (χ4v) is 1.73. The first kappa shape index (κ1) is 13.8. The summed E-state index contributed by atoms with van der Waals surface area (Å²) in [6, 6.07) is 6.88. The van der Waals surface area contributed by atoms with Crippen LogP contribution in [0.25, 0.3) is 10.8 Å². The van der Waals surface area contributed by atoms with E-state index in [4.69, 9.17) is 5.11 Å². The molecule has 0 saturated carbocycles. The largest absolute Gasteiger partial charge is 0.481 e. The van der Waals surface area contributed by atoms with Crippen LogP contribution in [0, 0.1) is 5.92 Å². The Morgan fingerprint density at radius 3 is 2.90 bits per heavy atom. The number of fused-ring (bicyclic) bond motifs is 1. The van der Waals surface area contributed by atoms with Crippen LogP contribution >= 0.6 is 0 Å². The minimum absolute atomic E-state index is 0.0769. The number of carboxylic acids is 1. The van der Waals surface area contributed by atoms with Crippen LogP contribution < -0.4 is 10.6 Å². The van der Waals surface area contributed by atoms with Crippen molar-refractivity contribution in [1.82, 2.24) is 10.3 Å². The maximum atomic E-state index is 11.8. The number of benzene rings is 1. The number of carboxylic acid groups (broad SMARTS) is 1. The van der Waals surface area contributed by atoms with Crippen LogP contribution in [0.3, 0.4) is 0 Å². The number of hydrogen-bond donors (Lipinski definition) is 3. The highest BCUT2D eigenvalue weighted by Crippen LogP contribution is 2.21. The highest BCUT2D eigenvalue weighted by Gasteiger charge is 2.12. The van der Waals surface area contributed by atoms with Gasteiger partial charge in [-0.2, -0.15) is 0 Å². The molecule has 2 rings (SSSR count). The van der Waals surface area contributed by atoms with Crippen molar-refractivity contribution in [3.8, 4) is 0 Å². The van der Waals surface area contributed by atoms with Crippen molar-refractivity contribution in [2.45, 2.75) is 6.92 Å². The highest BCUT2D eigenvalue weighted by molar-refractivity contribution is 6.01. The summed E-state index contributed by atoms with van der Waals surface area (Å²) in [6.07, 6.45) is 3.36. The second-order valence-corrected chi connectivity index (χ2v) is 4.48. The predicted octanol–water partition coefficient (Wildman–Crippen LogP) is 2.08. The predicted molar refractivity (Wildman–Crippen MR) is 75.6 cm³/mol. The quantitative estimate of drug-likeness (QED) is 0.795. The zero-order chi connectivity index (χ0) is 14.5. The smallest absolute Gasteiger partial charge is 0.319 e. The Bertz CT molecular complexity index is 637. The third-order valence-corrected chi connectivity index (χ3v) is 2.92. The number of carbonyl (C=O) groups is 2. The average Bonchev–Trinajstić information content (AvgIpc) is 2.45. The molecule has 20 heavy (non-hydrogen) atoms. The number of aromatic nitrogens is 1. The number of nitrogens with one attached hydrogen (secondary N) is 2. The summed E-state index contributed by atoms with van der Waals surface area (Å²) in [5.74, 6) is -1.57. The van der Waals surface area contributed by atoms with Crippen molar-refractivity contribution >= 4 is 28.5 Å². The molecule has 0 spiro atoms. The molecule has 0 fully saturated rings. The Labute approximate surface area is 115 Å². The van der Waals surface area contributed by atoms with Gasteiger partial charge >= 0.3 is 12.0 Å². The first-order valence-electron chi connectivity index (χ1n) is 6.18. The molecule has 0 saturated heterocycles. The van der Waals surface area contributed by atoms with E-state index in [-0.39, 0.29) is 6.54 Å². The molecule has 0 aliphatic rings. The molecule has 0 aliphatic carbocycles. The Morgan fingerprint density at radius 2 is 2.15 bits per heavy atom. The van der Waals surface area contributed by atoms with E-state index >= 15 is 0 Å². The van der Waals surface area contributed by atoms with Gasteiger partial charge in [-0.15, -0.1) is 0 Å². The number of carbonyl (C=O) groups excluding carboxylic acids is 1. The molecule has 1 aromatic carbocycles. The van der Waals surface area contributed by atoms with E-state index in [1.54, 1.807) is 18.5 Å². The second-order valence-electron chi connectivity index (χ2n) is 4.48. The number of amides is 2. The lowest BCUT2D eigenvalue weighted by Crippen LogP contribution is -2.34. The van der Waals surface area contributed by atoms with Crippen LogP contribution in [0.2, 0.25) is 0 Å². The van der Waals surface area contributed by atoms with Crippen LogP contribution in [0.5, 0.6) is 0 Å². The molecule has 6 heteroatoms. The van der Waals surface area contributed by atoms with Crippen LogP contribution in [0.4, 0.5) is 10.5 Å². The first-order chi connectivity index (χ1) is 9.58. The Kier molecular flexibility index (Phi) is 4.14. The molecule has 0 bridgehead atoms. The van der Waals surface area contributed by atoms with Gasteiger partial charge in [0.2, 0.25) is 0 Å². The standard InChI is InChI=1S/C14H15N3O3/c1-9(13(18)19)7-16-14(20)17-12-4-2-3-10-8-15-6-5-11(10)12/h2-6,8-9H,7H2,1H3,(H,18,19)(H2,16,17,20). The molecule has 2 amide bonds. The molecule has 1 unspecified atom stereocenters. The summed E-state index contributed by atoms with van der Waals surface area (Å²) in [7, 11) is 0. The fraction of sp³-hybridized carbons (Fsp3) is 0.214. The van der Waals surface area contributed by atoms with Crippen molar-refractivity contribution in [2.75, 3.05) is 11.9 Å². The molecular formula is C14H15N3O3. The van der Waals surface area contributed by atoms with Gasteiger partial charge < -0.3 is 15.7 Å². The van der Waals surface area contributed by atoms with E-state index < -0.39 is 17.9 Å². The van der Waals surface area contributed by atoms with Gasteiger partial charge in [0.05, 0.1) is 11.6 Å². The Morgan fingerprint density at radius 1 is 1.35 bits per heavy atom. The summed E-state index contributed by atoms with van der Waals surface area (Å²) in [6.45, 7) is 1.61. The molecule has 1 atom stereocenters. The van der Waals surface area contributed by atoms with Gasteiger partial charge in [0.1, 0.15) is 0 Å². The summed E-state index contributed by atoms with van der Waals surface area (Å²) < 4.78 is 0. The van der Waals surface area contributed by atoms with E-state index in [0.29, 0.717) is 5.69 Å². The molecule has 0 radical (unpaired) electrons. The third kappa shape index (κ3) is 3.23. The lowest BCUT2D eigenvalue weighted by molar-refractivity contribution is -0.140. The van der Waals surface area contributed by atoms with Crippen molar-refractivity contribution < 1.29 is 14.7 Å². The topological polar surface area (TPSA) is 91.3 Å².